The van der Waals surface area contributed by atoms with Crippen LogP contribution in [0.1, 0.15) is 36.8 Å². The van der Waals surface area contributed by atoms with Gasteiger partial charge in [0.25, 0.3) is 0 Å². The van der Waals surface area contributed by atoms with Crippen LogP contribution in [0.3, 0.4) is 0 Å². The zero-order valence-corrected chi connectivity index (χ0v) is 17.5. The van der Waals surface area contributed by atoms with E-state index in [-0.39, 0.29) is 5.69 Å². The van der Waals surface area contributed by atoms with Crippen LogP contribution in [-0.4, -0.2) is 34.7 Å². The number of nitrogens with zero attached hydrogens (tertiary/aromatic N) is 6. The summed E-state index contributed by atoms with van der Waals surface area (Å²) in [6.45, 7) is 4.63. The number of hydrogen-bond donors (Lipinski definition) is 1. The molecule has 8 nitrogen and oxygen atoms in total. The molecular formula is C22H25N7O. The second-order valence-corrected chi connectivity index (χ2v) is 7.38. The highest BCUT2D eigenvalue weighted by Crippen LogP contribution is 2.29. The van der Waals surface area contributed by atoms with Crippen LogP contribution in [0.2, 0.25) is 0 Å². The molecule has 0 unspecified atom stereocenters. The van der Waals surface area contributed by atoms with Gasteiger partial charge in [0, 0.05) is 35.8 Å². The molecule has 1 aromatic carbocycles. The molecule has 4 aromatic rings. The predicted molar refractivity (Wildman–Crippen MR) is 115 cm³/mol. The highest BCUT2D eigenvalue weighted by atomic mass is 16.1. The van der Waals surface area contributed by atoms with Gasteiger partial charge in [-0.15, -0.1) is 10.2 Å². The van der Waals surface area contributed by atoms with Crippen LogP contribution in [0.15, 0.2) is 47.4 Å². The van der Waals surface area contributed by atoms with Crippen LogP contribution in [-0.2, 0) is 20.0 Å². The Kier molecular flexibility index (Phi) is 5.56. The molecule has 0 radical (unpaired) electrons. The molecule has 0 atom stereocenters. The van der Waals surface area contributed by atoms with E-state index in [1.807, 2.05) is 61.1 Å². The summed E-state index contributed by atoms with van der Waals surface area (Å²) in [5.41, 5.74) is 5.80. The molecule has 0 aliphatic rings. The number of aromatic nitrogens is 7. The molecule has 0 aliphatic heterocycles. The molecular weight excluding hydrogens is 378 g/mol. The van der Waals surface area contributed by atoms with Gasteiger partial charge in [0.2, 0.25) is 5.82 Å². The number of aromatic amines is 1. The van der Waals surface area contributed by atoms with Gasteiger partial charge < -0.3 is 0 Å². The first-order valence-corrected chi connectivity index (χ1v) is 10.1. The molecule has 0 saturated carbocycles. The van der Waals surface area contributed by atoms with E-state index < -0.39 is 0 Å². The standard InChI is InChI=1S/C22H25N7O/c1-4-5-10-20-15(2)28(3)22(30)29(20)14-17-12-11-16(13-23-17)18-8-6-7-9-19(18)21-24-26-27-25-21/h6-9,11-13H,4-5,10,14H2,1-3H3,(H,24,25,26,27). The normalized spacial score (nSPS) is 11.2. The summed E-state index contributed by atoms with van der Waals surface area (Å²) in [6, 6.07) is 11.9. The molecule has 0 bridgehead atoms. The molecule has 8 heteroatoms. The van der Waals surface area contributed by atoms with E-state index in [2.05, 4.69) is 32.5 Å². The second kappa shape index (κ2) is 8.44. The van der Waals surface area contributed by atoms with Gasteiger partial charge in [0.05, 0.1) is 12.2 Å². The Morgan fingerprint density at radius 3 is 2.57 bits per heavy atom. The van der Waals surface area contributed by atoms with Crippen LogP contribution >= 0.6 is 0 Å². The molecule has 0 spiro atoms. The number of nitrogens with one attached hydrogen (secondary N) is 1. The lowest BCUT2D eigenvalue weighted by atomic mass is 10.0. The summed E-state index contributed by atoms with van der Waals surface area (Å²) >= 11 is 0. The van der Waals surface area contributed by atoms with Gasteiger partial charge in [-0.2, -0.15) is 5.21 Å². The Bertz CT molecular complexity index is 1190. The van der Waals surface area contributed by atoms with Crippen molar-refractivity contribution in [3.8, 4) is 22.5 Å². The minimum atomic E-state index is 0.00642. The third kappa shape index (κ3) is 3.68. The second-order valence-electron chi connectivity index (χ2n) is 7.38. The number of hydrogen-bond acceptors (Lipinski definition) is 5. The van der Waals surface area contributed by atoms with Crippen molar-refractivity contribution in [1.82, 2.24) is 34.7 Å². The van der Waals surface area contributed by atoms with Gasteiger partial charge in [0.1, 0.15) is 0 Å². The summed E-state index contributed by atoms with van der Waals surface area (Å²) in [6.07, 6.45) is 4.88. The largest absolute Gasteiger partial charge is 0.328 e. The number of imidazole rings is 1. The van der Waals surface area contributed by atoms with E-state index >= 15 is 0 Å². The molecule has 154 valence electrons. The Balaban J connectivity index is 1.64. The summed E-state index contributed by atoms with van der Waals surface area (Å²) in [4.78, 5) is 17.4. The molecule has 0 aliphatic carbocycles. The van der Waals surface area contributed by atoms with Gasteiger partial charge in [-0.3, -0.25) is 14.1 Å². The number of benzene rings is 1. The number of unbranched alkanes of at least 4 members (excludes halogenated alkanes) is 1. The van der Waals surface area contributed by atoms with E-state index in [9.17, 15) is 4.79 Å². The maximum absolute atomic E-state index is 12.7. The van der Waals surface area contributed by atoms with Crippen molar-refractivity contribution in [2.45, 2.75) is 39.7 Å². The summed E-state index contributed by atoms with van der Waals surface area (Å²) < 4.78 is 3.57. The number of pyridine rings is 1. The summed E-state index contributed by atoms with van der Waals surface area (Å²) in [7, 11) is 1.83. The third-order valence-electron chi connectivity index (χ3n) is 5.50. The monoisotopic (exact) mass is 403 g/mol. The van der Waals surface area contributed by atoms with Crippen LogP contribution in [0.5, 0.6) is 0 Å². The molecule has 3 aromatic heterocycles. The fraction of sp³-hybridized carbons (Fsp3) is 0.318. The third-order valence-corrected chi connectivity index (χ3v) is 5.50. The quantitative estimate of drug-likeness (QED) is 0.512. The first-order chi connectivity index (χ1) is 14.6. The van der Waals surface area contributed by atoms with Gasteiger partial charge in [0.15, 0.2) is 0 Å². The van der Waals surface area contributed by atoms with Crippen molar-refractivity contribution in [2.24, 2.45) is 7.05 Å². The van der Waals surface area contributed by atoms with Crippen LogP contribution < -0.4 is 5.69 Å². The smallest absolute Gasteiger partial charge is 0.299 e. The lowest BCUT2D eigenvalue weighted by molar-refractivity contribution is 0.657. The van der Waals surface area contributed by atoms with Crippen LogP contribution in [0, 0.1) is 6.92 Å². The Labute approximate surface area is 174 Å². The van der Waals surface area contributed by atoms with Crippen molar-refractivity contribution in [1.29, 1.82) is 0 Å². The highest BCUT2D eigenvalue weighted by Gasteiger charge is 2.15. The maximum Gasteiger partial charge on any atom is 0.328 e. The molecule has 30 heavy (non-hydrogen) atoms. The summed E-state index contributed by atoms with van der Waals surface area (Å²) in [5.74, 6) is 0.543. The summed E-state index contributed by atoms with van der Waals surface area (Å²) in [5, 5.41) is 14.3. The Hall–Kier alpha value is -3.55. The average molecular weight is 403 g/mol. The fourth-order valence-corrected chi connectivity index (χ4v) is 3.70. The number of tetrazole rings is 1. The van der Waals surface area contributed by atoms with Crippen molar-refractivity contribution < 1.29 is 0 Å². The average Bonchev–Trinajstić information content (AvgIpc) is 3.38. The van der Waals surface area contributed by atoms with Gasteiger partial charge in [-0.05, 0) is 36.6 Å². The number of H-pyrrole nitrogens is 1. The van der Waals surface area contributed by atoms with Gasteiger partial charge in [-0.25, -0.2) is 4.79 Å². The van der Waals surface area contributed by atoms with Crippen LogP contribution in [0.4, 0.5) is 0 Å². The minimum Gasteiger partial charge on any atom is -0.299 e. The highest BCUT2D eigenvalue weighted by molar-refractivity contribution is 5.79. The van der Waals surface area contributed by atoms with E-state index in [0.717, 1.165) is 53.0 Å². The van der Waals surface area contributed by atoms with Crippen molar-refractivity contribution >= 4 is 0 Å². The topological polar surface area (TPSA) is 94.3 Å². The lowest BCUT2D eigenvalue weighted by Crippen LogP contribution is -2.24. The molecule has 0 fully saturated rings. The SMILES string of the molecule is CCCCc1c(C)n(C)c(=O)n1Cc1ccc(-c2ccccc2-c2nn[nH]n2)cn1. The fourth-order valence-electron chi connectivity index (χ4n) is 3.70. The zero-order chi connectivity index (χ0) is 21.1. The maximum atomic E-state index is 12.7. The Morgan fingerprint density at radius 2 is 1.90 bits per heavy atom. The van der Waals surface area contributed by atoms with Crippen molar-refractivity contribution in [3.63, 3.8) is 0 Å². The Morgan fingerprint density at radius 1 is 1.10 bits per heavy atom. The van der Waals surface area contributed by atoms with E-state index in [4.69, 9.17) is 0 Å². The minimum absolute atomic E-state index is 0.00642. The molecule has 3 heterocycles. The molecule has 4 rings (SSSR count). The zero-order valence-electron chi connectivity index (χ0n) is 17.5. The predicted octanol–water partition coefficient (Wildman–Crippen LogP) is 3.13. The van der Waals surface area contributed by atoms with Crippen molar-refractivity contribution in [2.75, 3.05) is 0 Å². The number of rotatable bonds is 7. The van der Waals surface area contributed by atoms with E-state index in [0.29, 0.717) is 12.4 Å². The lowest BCUT2D eigenvalue weighted by Gasteiger charge is -2.10. The van der Waals surface area contributed by atoms with Crippen molar-refractivity contribution in [3.05, 3.63) is 70.2 Å². The molecule has 0 saturated heterocycles. The van der Waals surface area contributed by atoms with Gasteiger partial charge in [-0.1, -0.05) is 43.7 Å². The van der Waals surface area contributed by atoms with Crippen LogP contribution in [0.25, 0.3) is 22.5 Å². The van der Waals surface area contributed by atoms with E-state index in [1.165, 1.54) is 0 Å². The first-order valence-electron chi connectivity index (χ1n) is 10.1. The van der Waals surface area contributed by atoms with Gasteiger partial charge >= 0.3 is 5.69 Å². The molecule has 1 N–H and O–H groups in total. The molecule has 0 amide bonds. The first kappa shape index (κ1) is 19.8. The van der Waals surface area contributed by atoms with E-state index in [1.54, 1.807) is 4.57 Å².